The van der Waals surface area contributed by atoms with Gasteiger partial charge in [0.1, 0.15) is 10.5 Å². The first-order chi connectivity index (χ1) is 7.94. The fourth-order valence-electron chi connectivity index (χ4n) is 1.27. The van der Waals surface area contributed by atoms with Crippen LogP contribution < -0.4 is 9.04 Å². The standard InChI is InChI=1S/C10H7ClF3NOS/c11-9-5-6-15(17-9)7-1-3-8(4-2-7)16-10(12,13)14/h1-6,9H. The van der Waals surface area contributed by atoms with Gasteiger partial charge in [-0.15, -0.1) is 24.8 Å². The lowest BCUT2D eigenvalue weighted by Crippen LogP contribution is -2.17. The maximum Gasteiger partial charge on any atom is 0.573 e. The molecule has 1 aliphatic rings. The van der Waals surface area contributed by atoms with Crippen LogP contribution in [0.5, 0.6) is 5.75 Å². The van der Waals surface area contributed by atoms with E-state index in [9.17, 15) is 13.2 Å². The van der Waals surface area contributed by atoms with Crippen LogP contribution >= 0.6 is 23.5 Å². The van der Waals surface area contributed by atoms with E-state index in [1.165, 1.54) is 36.2 Å². The average Bonchev–Trinajstić information content (AvgIpc) is 2.63. The van der Waals surface area contributed by atoms with Crippen molar-refractivity contribution in [2.45, 2.75) is 11.1 Å². The Kier molecular flexibility index (Phi) is 3.44. The molecule has 1 heterocycles. The molecule has 0 saturated carbocycles. The van der Waals surface area contributed by atoms with E-state index in [2.05, 4.69) is 4.74 Å². The number of benzene rings is 1. The third-order valence-corrected chi connectivity index (χ3v) is 3.21. The first-order valence-corrected chi connectivity index (χ1v) is 5.85. The second-order valence-electron chi connectivity index (χ2n) is 3.17. The number of nitrogens with zero attached hydrogens (tertiary/aromatic N) is 1. The van der Waals surface area contributed by atoms with Gasteiger partial charge in [-0.1, -0.05) is 0 Å². The normalized spacial score (nSPS) is 19.8. The zero-order valence-electron chi connectivity index (χ0n) is 8.32. The van der Waals surface area contributed by atoms with E-state index in [1.807, 2.05) is 0 Å². The molecule has 0 N–H and O–H groups in total. The number of anilines is 1. The number of hydrogen-bond donors (Lipinski definition) is 0. The minimum atomic E-state index is -4.66. The molecular weight excluding hydrogens is 275 g/mol. The Bertz CT molecular complexity index is 421. The Morgan fingerprint density at radius 1 is 1.24 bits per heavy atom. The van der Waals surface area contributed by atoms with Crippen molar-refractivity contribution < 1.29 is 17.9 Å². The zero-order valence-corrected chi connectivity index (χ0v) is 9.89. The largest absolute Gasteiger partial charge is 0.573 e. The fraction of sp³-hybridized carbons (Fsp3) is 0.200. The number of ether oxygens (including phenoxy) is 1. The van der Waals surface area contributed by atoms with Crippen molar-refractivity contribution in [2.75, 3.05) is 4.31 Å². The van der Waals surface area contributed by atoms with Gasteiger partial charge in [-0.2, -0.15) is 0 Å². The molecule has 92 valence electrons. The predicted octanol–water partition coefficient (Wildman–Crippen LogP) is 4.13. The average molecular weight is 282 g/mol. The molecule has 7 heteroatoms. The molecule has 2 rings (SSSR count). The summed E-state index contributed by atoms with van der Waals surface area (Å²) in [5.41, 5.74) is 0.740. The molecule has 0 bridgehead atoms. The molecule has 1 atom stereocenters. The van der Waals surface area contributed by atoms with Crippen molar-refractivity contribution in [3.8, 4) is 5.75 Å². The van der Waals surface area contributed by atoms with E-state index in [0.29, 0.717) is 0 Å². The summed E-state index contributed by atoms with van der Waals surface area (Å²) in [5.74, 6) is -0.239. The number of hydrogen-bond acceptors (Lipinski definition) is 3. The van der Waals surface area contributed by atoms with Crippen molar-refractivity contribution >= 4 is 29.2 Å². The van der Waals surface area contributed by atoms with Crippen LogP contribution in [0.3, 0.4) is 0 Å². The van der Waals surface area contributed by atoms with Gasteiger partial charge in [0.25, 0.3) is 0 Å². The van der Waals surface area contributed by atoms with Crippen LogP contribution in [0.4, 0.5) is 18.9 Å². The third kappa shape index (κ3) is 3.47. The Morgan fingerprint density at radius 3 is 2.35 bits per heavy atom. The molecule has 1 unspecified atom stereocenters. The van der Waals surface area contributed by atoms with E-state index in [1.54, 1.807) is 16.6 Å². The molecule has 17 heavy (non-hydrogen) atoms. The molecule has 0 radical (unpaired) electrons. The van der Waals surface area contributed by atoms with Gasteiger partial charge >= 0.3 is 6.36 Å². The molecule has 0 spiro atoms. The molecule has 1 aliphatic heterocycles. The van der Waals surface area contributed by atoms with Crippen molar-refractivity contribution in [1.82, 2.24) is 0 Å². The number of rotatable bonds is 2. The lowest BCUT2D eigenvalue weighted by molar-refractivity contribution is -0.274. The van der Waals surface area contributed by atoms with E-state index in [-0.39, 0.29) is 10.5 Å². The van der Waals surface area contributed by atoms with Gasteiger partial charge in [-0.25, -0.2) is 0 Å². The van der Waals surface area contributed by atoms with Crippen molar-refractivity contribution in [1.29, 1.82) is 0 Å². The van der Waals surface area contributed by atoms with E-state index < -0.39 is 6.36 Å². The summed E-state index contributed by atoms with van der Waals surface area (Å²) in [7, 11) is 0. The Hall–Kier alpha value is -1.01. The summed E-state index contributed by atoms with van der Waals surface area (Å²) in [6.45, 7) is 0. The monoisotopic (exact) mass is 281 g/mol. The number of alkyl halides is 4. The highest BCUT2D eigenvalue weighted by Crippen LogP contribution is 2.35. The van der Waals surface area contributed by atoms with Gasteiger partial charge in [0.05, 0.1) is 5.69 Å². The molecule has 0 fully saturated rings. The highest BCUT2D eigenvalue weighted by atomic mass is 35.5. The molecule has 1 aromatic rings. The lowest BCUT2D eigenvalue weighted by Gasteiger charge is -2.15. The Labute approximate surface area is 105 Å². The summed E-state index contributed by atoms with van der Waals surface area (Å²) in [5, 5.41) is 0. The van der Waals surface area contributed by atoms with Crippen molar-refractivity contribution in [3.63, 3.8) is 0 Å². The Morgan fingerprint density at radius 2 is 1.88 bits per heavy atom. The SMILES string of the molecule is FC(F)(F)Oc1ccc(N2C=CC(Cl)S2)cc1. The van der Waals surface area contributed by atoms with Crippen LogP contribution in [0, 0.1) is 0 Å². The minimum absolute atomic E-state index is 0.152. The second-order valence-corrected chi connectivity index (χ2v) is 5.01. The molecule has 0 amide bonds. The van der Waals surface area contributed by atoms with E-state index in [0.717, 1.165) is 5.69 Å². The van der Waals surface area contributed by atoms with Gasteiger partial charge in [-0.05, 0) is 42.3 Å². The Balaban J connectivity index is 2.06. The molecule has 0 aromatic heterocycles. The minimum Gasteiger partial charge on any atom is -0.406 e. The van der Waals surface area contributed by atoms with Crippen LogP contribution in [0.25, 0.3) is 0 Å². The summed E-state index contributed by atoms with van der Waals surface area (Å²) < 4.78 is 41.2. The van der Waals surface area contributed by atoms with Crippen LogP contribution in [-0.2, 0) is 0 Å². The van der Waals surface area contributed by atoms with Crippen LogP contribution in [0.15, 0.2) is 36.5 Å². The van der Waals surface area contributed by atoms with Crippen LogP contribution in [0.1, 0.15) is 0 Å². The first kappa shape index (κ1) is 12.4. The van der Waals surface area contributed by atoms with Gasteiger partial charge in [0.2, 0.25) is 0 Å². The smallest absolute Gasteiger partial charge is 0.406 e. The molecule has 1 aromatic carbocycles. The third-order valence-electron chi connectivity index (χ3n) is 1.91. The topological polar surface area (TPSA) is 12.5 Å². The van der Waals surface area contributed by atoms with Gasteiger partial charge < -0.3 is 4.74 Å². The first-order valence-electron chi connectivity index (χ1n) is 4.58. The zero-order chi connectivity index (χ0) is 12.5. The van der Waals surface area contributed by atoms with Crippen LogP contribution in [0.2, 0.25) is 0 Å². The summed E-state index contributed by atoms with van der Waals surface area (Å²) in [6, 6.07) is 5.60. The fourth-order valence-corrected chi connectivity index (χ4v) is 2.33. The van der Waals surface area contributed by atoms with Crippen molar-refractivity contribution in [3.05, 3.63) is 36.5 Å². The molecule has 0 aliphatic carbocycles. The van der Waals surface area contributed by atoms with E-state index >= 15 is 0 Å². The summed E-state index contributed by atoms with van der Waals surface area (Å²) in [4.78, 5) is 0. The molecular formula is C10H7ClF3NOS. The van der Waals surface area contributed by atoms with Crippen molar-refractivity contribution in [2.24, 2.45) is 0 Å². The maximum absolute atomic E-state index is 11.9. The highest BCUT2D eigenvalue weighted by Gasteiger charge is 2.31. The number of halogens is 4. The van der Waals surface area contributed by atoms with E-state index in [4.69, 9.17) is 11.6 Å². The molecule has 0 saturated heterocycles. The second kappa shape index (κ2) is 4.70. The van der Waals surface area contributed by atoms with Crippen LogP contribution in [-0.4, -0.2) is 11.1 Å². The summed E-state index contributed by atoms with van der Waals surface area (Å²) >= 11 is 7.20. The van der Waals surface area contributed by atoms with Gasteiger partial charge in [0, 0.05) is 6.20 Å². The lowest BCUT2D eigenvalue weighted by atomic mass is 10.3. The highest BCUT2D eigenvalue weighted by molar-refractivity contribution is 8.02. The van der Waals surface area contributed by atoms with Gasteiger partial charge in [-0.3, -0.25) is 4.31 Å². The molecule has 2 nitrogen and oxygen atoms in total. The maximum atomic E-state index is 11.9. The quantitative estimate of drug-likeness (QED) is 0.597. The summed E-state index contributed by atoms with van der Waals surface area (Å²) in [6.07, 6.45) is -1.11. The predicted molar refractivity (Wildman–Crippen MR) is 62.0 cm³/mol. The van der Waals surface area contributed by atoms with Gasteiger partial charge in [0.15, 0.2) is 0 Å².